The van der Waals surface area contributed by atoms with Gasteiger partial charge in [-0.3, -0.25) is 4.79 Å². The lowest BCUT2D eigenvalue weighted by Gasteiger charge is -2.30. The molecule has 1 aliphatic heterocycles. The molecule has 6 heteroatoms. The van der Waals surface area contributed by atoms with E-state index < -0.39 is 0 Å². The summed E-state index contributed by atoms with van der Waals surface area (Å²) in [6.45, 7) is 5.99. The monoisotopic (exact) mass is 376 g/mol. The van der Waals surface area contributed by atoms with Crippen molar-refractivity contribution in [1.29, 1.82) is 0 Å². The van der Waals surface area contributed by atoms with Gasteiger partial charge in [-0.2, -0.15) is 5.10 Å². The van der Waals surface area contributed by atoms with Gasteiger partial charge in [0.25, 0.3) is 5.91 Å². The van der Waals surface area contributed by atoms with E-state index in [1.165, 1.54) is 0 Å². The normalized spacial score (nSPS) is 21.2. The minimum Gasteiger partial charge on any atom is -0.349 e. The van der Waals surface area contributed by atoms with Crippen LogP contribution in [0.25, 0.3) is 5.69 Å². The number of halogens is 1. The van der Waals surface area contributed by atoms with E-state index in [0.717, 1.165) is 35.4 Å². The molecule has 0 radical (unpaired) electrons. The van der Waals surface area contributed by atoms with Gasteiger partial charge in [0.15, 0.2) is 0 Å². The van der Waals surface area contributed by atoms with Crippen molar-refractivity contribution in [3.8, 4) is 5.69 Å². The summed E-state index contributed by atoms with van der Waals surface area (Å²) in [6.07, 6.45) is 2.62. The number of hydrogen-bond donors (Lipinski definition) is 2. The SMILES string of the molecule is Cc1c(C(=O)NC2CCNCC2C)cnn1-c1ccc(Br)cc1. The Labute approximate surface area is 144 Å². The Kier molecular flexibility index (Phi) is 4.82. The molecule has 23 heavy (non-hydrogen) atoms. The second-order valence-corrected chi connectivity index (χ2v) is 7.00. The fraction of sp³-hybridized carbons (Fsp3) is 0.412. The molecule has 1 aromatic carbocycles. The third-order valence-corrected chi connectivity index (χ3v) is 4.96. The highest BCUT2D eigenvalue weighted by Gasteiger charge is 2.24. The number of nitrogens with zero attached hydrogens (tertiary/aromatic N) is 2. The van der Waals surface area contributed by atoms with Crippen LogP contribution in [0.1, 0.15) is 29.4 Å². The predicted molar refractivity (Wildman–Crippen MR) is 93.9 cm³/mol. The molecule has 3 rings (SSSR count). The first-order chi connectivity index (χ1) is 11.1. The van der Waals surface area contributed by atoms with Gasteiger partial charge in [0, 0.05) is 10.5 Å². The van der Waals surface area contributed by atoms with E-state index in [4.69, 9.17) is 0 Å². The van der Waals surface area contributed by atoms with E-state index >= 15 is 0 Å². The van der Waals surface area contributed by atoms with Crippen molar-refractivity contribution in [2.45, 2.75) is 26.3 Å². The zero-order valence-corrected chi connectivity index (χ0v) is 14.9. The van der Waals surface area contributed by atoms with Crippen molar-refractivity contribution in [2.24, 2.45) is 5.92 Å². The fourth-order valence-electron chi connectivity index (χ4n) is 2.95. The Bertz CT molecular complexity index is 695. The smallest absolute Gasteiger partial charge is 0.254 e. The molecular weight excluding hydrogens is 356 g/mol. The summed E-state index contributed by atoms with van der Waals surface area (Å²) in [6, 6.07) is 8.10. The number of benzene rings is 1. The fourth-order valence-corrected chi connectivity index (χ4v) is 3.21. The summed E-state index contributed by atoms with van der Waals surface area (Å²) < 4.78 is 2.82. The maximum absolute atomic E-state index is 12.6. The van der Waals surface area contributed by atoms with Gasteiger partial charge in [-0.15, -0.1) is 0 Å². The van der Waals surface area contributed by atoms with Gasteiger partial charge in [0.1, 0.15) is 0 Å². The predicted octanol–water partition coefficient (Wildman–Crippen LogP) is 2.67. The third-order valence-electron chi connectivity index (χ3n) is 4.43. The van der Waals surface area contributed by atoms with Gasteiger partial charge in [-0.1, -0.05) is 22.9 Å². The number of carbonyl (C=O) groups is 1. The van der Waals surface area contributed by atoms with Gasteiger partial charge in [0.2, 0.25) is 0 Å². The van der Waals surface area contributed by atoms with Crippen LogP contribution in [0.2, 0.25) is 0 Å². The average Bonchev–Trinajstić information content (AvgIpc) is 2.92. The van der Waals surface area contributed by atoms with E-state index in [2.05, 4.69) is 38.6 Å². The quantitative estimate of drug-likeness (QED) is 0.865. The van der Waals surface area contributed by atoms with Crippen LogP contribution in [-0.4, -0.2) is 34.8 Å². The lowest BCUT2D eigenvalue weighted by Crippen LogP contribution is -2.48. The number of nitrogens with one attached hydrogen (secondary N) is 2. The molecule has 122 valence electrons. The van der Waals surface area contributed by atoms with E-state index in [1.54, 1.807) is 10.9 Å². The van der Waals surface area contributed by atoms with Crippen LogP contribution < -0.4 is 10.6 Å². The molecule has 2 unspecified atom stereocenters. The molecule has 2 N–H and O–H groups in total. The summed E-state index contributed by atoms with van der Waals surface area (Å²) in [7, 11) is 0. The summed E-state index contributed by atoms with van der Waals surface area (Å²) in [5, 5.41) is 10.9. The van der Waals surface area contributed by atoms with Crippen molar-refractivity contribution in [3.63, 3.8) is 0 Å². The van der Waals surface area contributed by atoms with Crippen molar-refractivity contribution in [1.82, 2.24) is 20.4 Å². The highest BCUT2D eigenvalue weighted by Crippen LogP contribution is 2.18. The third kappa shape index (κ3) is 3.48. The van der Waals surface area contributed by atoms with Crippen molar-refractivity contribution < 1.29 is 4.79 Å². The maximum atomic E-state index is 12.6. The molecule has 0 saturated carbocycles. The van der Waals surface area contributed by atoms with Crippen LogP contribution in [-0.2, 0) is 0 Å². The molecule has 2 atom stereocenters. The summed E-state index contributed by atoms with van der Waals surface area (Å²) in [5.41, 5.74) is 2.44. The zero-order chi connectivity index (χ0) is 16.4. The second-order valence-electron chi connectivity index (χ2n) is 6.08. The van der Waals surface area contributed by atoms with Gasteiger partial charge < -0.3 is 10.6 Å². The first kappa shape index (κ1) is 16.2. The topological polar surface area (TPSA) is 59.0 Å². The van der Waals surface area contributed by atoms with Crippen molar-refractivity contribution in [2.75, 3.05) is 13.1 Å². The number of aromatic nitrogens is 2. The number of amides is 1. The highest BCUT2D eigenvalue weighted by atomic mass is 79.9. The molecular formula is C17H21BrN4O. The maximum Gasteiger partial charge on any atom is 0.254 e. The minimum atomic E-state index is -0.0374. The molecule has 0 aliphatic carbocycles. The zero-order valence-electron chi connectivity index (χ0n) is 13.3. The molecule has 1 fully saturated rings. The van der Waals surface area contributed by atoms with Gasteiger partial charge >= 0.3 is 0 Å². The Morgan fingerprint density at radius 2 is 2.13 bits per heavy atom. The molecule has 2 aromatic rings. The van der Waals surface area contributed by atoms with E-state index in [9.17, 15) is 4.79 Å². The van der Waals surface area contributed by atoms with Crippen LogP contribution in [0, 0.1) is 12.8 Å². The number of piperidine rings is 1. The Balaban J connectivity index is 1.78. The molecule has 1 saturated heterocycles. The molecule has 1 aromatic heterocycles. The van der Waals surface area contributed by atoms with Crippen LogP contribution >= 0.6 is 15.9 Å². The van der Waals surface area contributed by atoms with Crippen molar-refractivity contribution >= 4 is 21.8 Å². The Morgan fingerprint density at radius 3 is 2.83 bits per heavy atom. The number of rotatable bonds is 3. The van der Waals surface area contributed by atoms with Crippen LogP contribution in [0.4, 0.5) is 0 Å². The van der Waals surface area contributed by atoms with E-state index in [-0.39, 0.29) is 11.9 Å². The first-order valence-electron chi connectivity index (χ1n) is 7.88. The molecule has 1 amide bonds. The lowest BCUT2D eigenvalue weighted by atomic mass is 9.95. The summed E-state index contributed by atoms with van der Waals surface area (Å²) in [4.78, 5) is 12.6. The Morgan fingerprint density at radius 1 is 1.39 bits per heavy atom. The van der Waals surface area contributed by atoms with E-state index in [0.29, 0.717) is 11.5 Å². The van der Waals surface area contributed by atoms with Crippen LogP contribution in [0.3, 0.4) is 0 Å². The minimum absolute atomic E-state index is 0.0374. The summed E-state index contributed by atoms with van der Waals surface area (Å²) >= 11 is 3.43. The standard InChI is InChI=1S/C17H21BrN4O/c1-11-9-19-8-7-16(11)21-17(23)15-10-20-22(12(15)2)14-5-3-13(18)4-6-14/h3-6,10-11,16,19H,7-9H2,1-2H3,(H,21,23). The first-order valence-corrected chi connectivity index (χ1v) is 8.67. The molecule has 0 spiro atoms. The number of carbonyl (C=O) groups excluding carboxylic acids is 1. The van der Waals surface area contributed by atoms with E-state index in [1.807, 2.05) is 31.2 Å². The number of hydrogen-bond acceptors (Lipinski definition) is 3. The lowest BCUT2D eigenvalue weighted by molar-refractivity contribution is 0.0913. The summed E-state index contributed by atoms with van der Waals surface area (Å²) in [5.74, 6) is 0.402. The van der Waals surface area contributed by atoms with Gasteiger partial charge in [0.05, 0.1) is 23.1 Å². The molecule has 1 aliphatic rings. The van der Waals surface area contributed by atoms with Gasteiger partial charge in [-0.25, -0.2) is 4.68 Å². The molecule has 5 nitrogen and oxygen atoms in total. The highest BCUT2D eigenvalue weighted by molar-refractivity contribution is 9.10. The van der Waals surface area contributed by atoms with Crippen LogP contribution in [0.5, 0.6) is 0 Å². The molecule has 2 heterocycles. The Hall–Kier alpha value is -1.66. The molecule has 0 bridgehead atoms. The average molecular weight is 377 g/mol. The van der Waals surface area contributed by atoms with Crippen molar-refractivity contribution in [3.05, 3.63) is 46.2 Å². The van der Waals surface area contributed by atoms with Gasteiger partial charge in [-0.05, 0) is 56.6 Å². The second kappa shape index (κ2) is 6.84. The van der Waals surface area contributed by atoms with Crippen LogP contribution in [0.15, 0.2) is 34.9 Å². The largest absolute Gasteiger partial charge is 0.349 e.